The van der Waals surface area contributed by atoms with Gasteiger partial charge in [-0.2, -0.15) is 8.78 Å². The molecule has 0 saturated carbocycles. The largest absolute Gasteiger partial charge is 0.377 e. The number of carbonyl (C=O) groups is 1. The first-order chi connectivity index (χ1) is 14.6. The van der Waals surface area contributed by atoms with Crippen LogP contribution in [0.2, 0.25) is 15.1 Å². The molecule has 0 unspecified atom stereocenters. The van der Waals surface area contributed by atoms with Gasteiger partial charge in [-0.1, -0.05) is 46.0 Å². The molecule has 2 heterocycles. The Bertz CT molecular complexity index is 1200. The maximum absolute atomic E-state index is 15.0. The number of nitrogens with one attached hydrogen (secondary N) is 1. The van der Waals surface area contributed by atoms with Crippen molar-refractivity contribution in [1.82, 2.24) is 5.32 Å². The van der Waals surface area contributed by atoms with E-state index >= 15 is 0 Å². The summed E-state index contributed by atoms with van der Waals surface area (Å²) in [6.07, 6.45) is -0.209. The molecule has 1 spiro atoms. The summed E-state index contributed by atoms with van der Waals surface area (Å²) >= 11 is 18.2. The van der Waals surface area contributed by atoms with Crippen LogP contribution in [0.1, 0.15) is 33.5 Å². The van der Waals surface area contributed by atoms with Crippen molar-refractivity contribution in [2.24, 2.45) is 5.16 Å². The fourth-order valence-corrected chi connectivity index (χ4v) is 5.89. The number of amides is 1. The monoisotopic (exact) mass is 504 g/mol. The van der Waals surface area contributed by atoms with Crippen LogP contribution in [0.5, 0.6) is 0 Å². The van der Waals surface area contributed by atoms with Crippen molar-refractivity contribution in [3.05, 3.63) is 67.7 Å². The first kappa shape index (κ1) is 21.1. The topological polar surface area (TPSA) is 67.8 Å². The van der Waals surface area contributed by atoms with E-state index in [9.17, 15) is 17.8 Å². The average Bonchev–Trinajstić information content (AvgIpc) is 3.14. The fraction of sp³-hybridized carbons (Fsp3) is 0.300. The summed E-state index contributed by atoms with van der Waals surface area (Å²) in [5, 5.41) is 6.90. The van der Waals surface area contributed by atoms with Crippen molar-refractivity contribution in [2.45, 2.75) is 24.0 Å². The van der Waals surface area contributed by atoms with Crippen LogP contribution in [0.3, 0.4) is 0 Å². The number of hydrogen-bond donors (Lipinski definition) is 1. The smallest absolute Gasteiger partial charge is 0.321 e. The highest BCUT2D eigenvalue weighted by atomic mass is 35.5. The molecule has 2 aromatic rings. The molecular weight excluding hydrogens is 493 g/mol. The van der Waals surface area contributed by atoms with Gasteiger partial charge in [0.1, 0.15) is 0 Å². The summed E-state index contributed by atoms with van der Waals surface area (Å²) in [6.45, 7) is 0. The van der Waals surface area contributed by atoms with E-state index < -0.39 is 22.3 Å². The third-order valence-electron chi connectivity index (χ3n) is 5.70. The Kier molecular flexibility index (Phi) is 4.86. The highest BCUT2D eigenvalue weighted by Gasteiger charge is 2.72. The molecule has 1 fully saturated rings. The van der Waals surface area contributed by atoms with Gasteiger partial charge in [-0.3, -0.25) is 9.00 Å². The van der Waals surface area contributed by atoms with E-state index in [0.717, 1.165) is 0 Å². The Morgan fingerprint density at radius 1 is 1.16 bits per heavy atom. The molecule has 1 atom stereocenters. The molecule has 5 rings (SSSR count). The van der Waals surface area contributed by atoms with E-state index in [0.29, 0.717) is 17.1 Å². The van der Waals surface area contributed by atoms with Crippen LogP contribution in [0.25, 0.3) is 0 Å². The van der Waals surface area contributed by atoms with Gasteiger partial charge in [0.15, 0.2) is 0 Å². The number of hydrogen-bond acceptors (Lipinski definition) is 4. The minimum absolute atomic E-state index is 0.121. The number of halogens is 5. The zero-order chi connectivity index (χ0) is 22.1. The van der Waals surface area contributed by atoms with Crippen LogP contribution in [0.4, 0.5) is 8.78 Å². The highest BCUT2D eigenvalue weighted by Crippen LogP contribution is 2.65. The maximum Gasteiger partial charge on any atom is 0.321 e. The van der Waals surface area contributed by atoms with Crippen molar-refractivity contribution >= 4 is 57.2 Å². The van der Waals surface area contributed by atoms with Gasteiger partial charge in [0.2, 0.25) is 5.60 Å². The van der Waals surface area contributed by atoms with Gasteiger partial charge in [-0.15, -0.1) is 0 Å². The predicted molar refractivity (Wildman–Crippen MR) is 115 cm³/mol. The number of oxime groups is 1. The van der Waals surface area contributed by atoms with Gasteiger partial charge in [0.25, 0.3) is 5.91 Å². The Labute approximate surface area is 193 Å². The van der Waals surface area contributed by atoms with Crippen molar-refractivity contribution in [2.75, 3.05) is 11.5 Å². The van der Waals surface area contributed by atoms with Crippen LogP contribution in [-0.4, -0.2) is 33.4 Å². The summed E-state index contributed by atoms with van der Waals surface area (Å²) < 4.78 is 41.1. The molecule has 0 radical (unpaired) electrons. The molecule has 0 bridgehead atoms. The molecule has 2 aliphatic heterocycles. The molecule has 1 amide bonds. The molecule has 2 aromatic carbocycles. The summed E-state index contributed by atoms with van der Waals surface area (Å²) in [5.41, 5.74) is -1.12. The van der Waals surface area contributed by atoms with Gasteiger partial charge >= 0.3 is 5.92 Å². The normalized spacial score (nSPS) is 27.6. The summed E-state index contributed by atoms with van der Waals surface area (Å²) in [7, 11) is -0.889. The third kappa shape index (κ3) is 3.10. The Balaban J connectivity index is 1.38. The molecule has 1 saturated heterocycles. The molecular formula is C20H13Cl3F2N2O3S. The standard InChI is InChI=1S/C20H13Cl3F2N2O3S/c21-10-4-13-17(15(23)5-10)20(24,25)19(13)6-16(27-30-19)9-1-2-12(14(22)3-9)18(28)26-11-7-31(29)8-11/h1-5,11H,6-8H2,(H,26,28)/t11?,19-,31?/m0/s1. The lowest BCUT2D eigenvalue weighted by Gasteiger charge is -2.46. The van der Waals surface area contributed by atoms with Gasteiger partial charge in [-0.05, 0) is 24.3 Å². The molecule has 11 heteroatoms. The van der Waals surface area contributed by atoms with E-state index in [1.165, 1.54) is 24.3 Å². The second kappa shape index (κ2) is 7.13. The second-order valence-corrected chi connectivity index (χ2v) is 10.5. The average molecular weight is 506 g/mol. The van der Waals surface area contributed by atoms with Gasteiger partial charge in [-0.25, -0.2) is 0 Å². The summed E-state index contributed by atoms with van der Waals surface area (Å²) in [6, 6.07) is 7.09. The Hall–Kier alpha value is -1.74. The first-order valence-corrected chi connectivity index (χ1v) is 11.8. The van der Waals surface area contributed by atoms with Crippen LogP contribution < -0.4 is 5.32 Å². The molecule has 0 aromatic heterocycles. The van der Waals surface area contributed by atoms with E-state index in [4.69, 9.17) is 39.6 Å². The van der Waals surface area contributed by atoms with E-state index in [1.54, 1.807) is 6.07 Å². The summed E-state index contributed by atoms with van der Waals surface area (Å²) in [4.78, 5) is 17.6. The van der Waals surface area contributed by atoms with Crippen LogP contribution in [0, 0.1) is 0 Å². The number of rotatable bonds is 3. The van der Waals surface area contributed by atoms with Crippen molar-refractivity contribution in [1.29, 1.82) is 0 Å². The Morgan fingerprint density at radius 3 is 2.58 bits per heavy atom. The van der Waals surface area contributed by atoms with Crippen LogP contribution in [0.15, 0.2) is 35.5 Å². The van der Waals surface area contributed by atoms with Crippen molar-refractivity contribution in [3.63, 3.8) is 0 Å². The number of nitrogens with zero attached hydrogens (tertiary/aromatic N) is 1. The first-order valence-electron chi connectivity index (χ1n) is 9.21. The summed E-state index contributed by atoms with van der Waals surface area (Å²) in [5.74, 6) is -2.90. The minimum Gasteiger partial charge on any atom is -0.377 e. The lowest BCUT2D eigenvalue weighted by Crippen LogP contribution is -2.53. The van der Waals surface area contributed by atoms with Crippen molar-refractivity contribution < 1.29 is 22.6 Å². The van der Waals surface area contributed by atoms with E-state index in [2.05, 4.69) is 10.5 Å². The zero-order valence-corrected chi connectivity index (χ0v) is 18.6. The molecule has 3 aliphatic rings. The van der Waals surface area contributed by atoms with Crippen LogP contribution >= 0.6 is 34.8 Å². The number of carbonyl (C=O) groups excluding carboxylic acids is 1. The predicted octanol–water partition coefficient (Wildman–Crippen LogP) is 4.63. The SMILES string of the molecule is O=C(NC1CS(=O)C1)c1ccc(C2=NO[C@@]3(C2)c2cc(Cl)cc(Cl)c2C3(F)F)cc1Cl. The quantitative estimate of drug-likeness (QED) is 0.661. The molecule has 162 valence electrons. The lowest BCUT2D eigenvalue weighted by atomic mass is 9.67. The lowest BCUT2D eigenvalue weighted by molar-refractivity contribution is -0.239. The van der Waals surface area contributed by atoms with E-state index in [1.807, 2.05) is 0 Å². The fourth-order valence-electron chi connectivity index (χ4n) is 4.05. The number of fused-ring (bicyclic) bond motifs is 2. The molecule has 1 aliphatic carbocycles. The third-order valence-corrected chi connectivity index (χ3v) is 8.07. The maximum atomic E-state index is 15.0. The zero-order valence-electron chi connectivity index (χ0n) is 15.6. The van der Waals surface area contributed by atoms with Gasteiger partial charge in [0.05, 0.1) is 32.9 Å². The number of benzene rings is 2. The van der Waals surface area contributed by atoms with Gasteiger partial charge in [0, 0.05) is 44.9 Å². The van der Waals surface area contributed by atoms with Crippen LogP contribution in [-0.2, 0) is 27.2 Å². The van der Waals surface area contributed by atoms with E-state index in [-0.39, 0.29) is 55.8 Å². The molecule has 1 N–H and O–H groups in total. The van der Waals surface area contributed by atoms with Gasteiger partial charge < -0.3 is 10.2 Å². The number of alkyl halides is 2. The second-order valence-electron chi connectivity index (χ2n) is 7.66. The van der Waals surface area contributed by atoms with Crippen molar-refractivity contribution in [3.8, 4) is 0 Å². The Morgan fingerprint density at radius 2 is 1.90 bits per heavy atom. The molecule has 5 nitrogen and oxygen atoms in total. The molecule has 31 heavy (non-hydrogen) atoms. The highest BCUT2D eigenvalue weighted by molar-refractivity contribution is 7.86. The minimum atomic E-state index is -3.35.